The molecule has 8 N–H and O–H groups in total. The number of halogens is 1. The number of phenols is 1. The van der Waals surface area contributed by atoms with Gasteiger partial charge in [0.15, 0.2) is 5.96 Å². The van der Waals surface area contributed by atoms with Crippen molar-refractivity contribution in [1.29, 1.82) is 0 Å². The minimum absolute atomic E-state index is 0.101. The van der Waals surface area contributed by atoms with Gasteiger partial charge in [-0.1, -0.05) is 72.8 Å². The molecule has 13 nitrogen and oxygen atoms in total. The van der Waals surface area contributed by atoms with Crippen molar-refractivity contribution in [3.05, 3.63) is 137 Å². The summed E-state index contributed by atoms with van der Waals surface area (Å²) in [7, 11) is 0. The molecule has 0 spiro atoms. The van der Waals surface area contributed by atoms with Gasteiger partial charge in [-0.3, -0.25) is 34.3 Å². The molecule has 54 heavy (non-hydrogen) atoms. The van der Waals surface area contributed by atoms with Gasteiger partial charge < -0.3 is 32.1 Å². The average molecular weight is 738 g/mol. The van der Waals surface area contributed by atoms with Crippen molar-refractivity contribution in [1.82, 2.24) is 26.6 Å². The Balaban J connectivity index is 1.26. The van der Waals surface area contributed by atoms with Crippen LogP contribution >= 0.6 is 0 Å². The van der Waals surface area contributed by atoms with Crippen LogP contribution < -0.4 is 32.3 Å². The summed E-state index contributed by atoms with van der Waals surface area (Å²) >= 11 is 0. The molecular formula is C40H44FN7O6. The number of rotatable bonds is 18. The topological polar surface area (TPSA) is 204 Å². The van der Waals surface area contributed by atoms with E-state index in [-0.39, 0.29) is 68.6 Å². The highest BCUT2D eigenvalue weighted by atomic mass is 19.1. The van der Waals surface area contributed by atoms with Crippen molar-refractivity contribution >= 4 is 35.5 Å². The number of benzene rings is 4. The molecule has 0 aromatic heterocycles. The average Bonchev–Trinajstić information content (AvgIpc) is 3.17. The summed E-state index contributed by atoms with van der Waals surface area (Å²) in [4.78, 5) is 68.0. The van der Waals surface area contributed by atoms with Gasteiger partial charge in [0.05, 0.1) is 5.92 Å². The largest absolute Gasteiger partial charge is 0.508 e. The number of nitrogens with one attached hydrogen (secondary N) is 5. The molecule has 282 valence electrons. The van der Waals surface area contributed by atoms with Crippen LogP contribution in [0.25, 0.3) is 0 Å². The molecule has 0 aliphatic heterocycles. The second-order valence-corrected chi connectivity index (χ2v) is 12.3. The number of hydrogen-bond donors (Lipinski definition) is 7. The summed E-state index contributed by atoms with van der Waals surface area (Å²) < 4.78 is 13.0. The number of amides is 5. The SMILES string of the molecule is NC(=NCCC[C@@H](NC(=O)C(c1ccccc1)c1ccccc1)C(=O)NCc1ccc(O)cc1)NC(=O)CCC(=O)NCCNC(=O)c1ccc(F)cc1. The van der Waals surface area contributed by atoms with Crippen molar-refractivity contribution < 1.29 is 33.5 Å². The molecule has 4 aromatic carbocycles. The van der Waals surface area contributed by atoms with Gasteiger partial charge in [-0.05, 0) is 65.9 Å². The minimum Gasteiger partial charge on any atom is -0.508 e. The summed E-state index contributed by atoms with van der Waals surface area (Å²) in [5.74, 6) is -3.28. The fourth-order valence-corrected chi connectivity index (χ4v) is 5.37. The van der Waals surface area contributed by atoms with E-state index in [1.807, 2.05) is 60.7 Å². The predicted octanol–water partition coefficient (Wildman–Crippen LogP) is 3.00. The number of nitrogens with two attached hydrogens (primary N) is 1. The van der Waals surface area contributed by atoms with E-state index in [4.69, 9.17) is 5.73 Å². The lowest BCUT2D eigenvalue weighted by molar-refractivity contribution is -0.129. The summed E-state index contributed by atoms with van der Waals surface area (Å²) in [5.41, 5.74) is 8.48. The van der Waals surface area contributed by atoms with Crippen molar-refractivity contribution in [2.45, 2.75) is 44.2 Å². The maximum absolute atomic E-state index is 13.8. The van der Waals surface area contributed by atoms with Gasteiger partial charge in [0.25, 0.3) is 5.91 Å². The van der Waals surface area contributed by atoms with Gasteiger partial charge in [0.2, 0.25) is 23.6 Å². The fourth-order valence-electron chi connectivity index (χ4n) is 5.37. The third-order valence-corrected chi connectivity index (χ3v) is 8.18. The number of aromatic hydroxyl groups is 1. The molecule has 4 aromatic rings. The van der Waals surface area contributed by atoms with E-state index >= 15 is 0 Å². The maximum atomic E-state index is 13.8. The lowest BCUT2D eigenvalue weighted by atomic mass is 9.90. The molecule has 5 amide bonds. The van der Waals surface area contributed by atoms with E-state index in [2.05, 4.69) is 31.6 Å². The Hall–Kier alpha value is -6.57. The first kappa shape index (κ1) is 40.2. The van der Waals surface area contributed by atoms with Crippen LogP contribution in [0, 0.1) is 5.82 Å². The van der Waals surface area contributed by atoms with Gasteiger partial charge in [-0.25, -0.2) is 4.39 Å². The lowest BCUT2D eigenvalue weighted by Gasteiger charge is -2.23. The van der Waals surface area contributed by atoms with E-state index < -0.39 is 41.4 Å². The number of carbonyl (C=O) groups excluding carboxylic acids is 5. The summed E-state index contributed by atoms with van der Waals surface area (Å²) in [6.45, 7) is 0.579. The third kappa shape index (κ3) is 13.5. The molecule has 0 heterocycles. The second kappa shape index (κ2) is 21.1. The molecule has 0 saturated heterocycles. The minimum atomic E-state index is -0.926. The Bertz CT molecular complexity index is 1840. The first-order valence-electron chi connectivity index (χ1n) is 17.4. The van der Waals surface area contributed by atoms with E-state index in [1.54, 1.807) is 12.1 Å². The molecule has 1 atom stereocenters. The Morgan fingerprint density at radius 1 is 0.704 bits per heavy atom. The number of carbonyl (C=O) groups is 5. The maximum Gasteiger partial charge on any atom is 0.251 e. The van der Waals surface area contributed by atoms with Crippen LogP contribution in [-0.4, -0.2) is 66.3 Å². The number of guanidine groups is 1. The molecule has 0 fully saturated rings. The van der Waals surface area contributed by atoms with Crippen LogP contribution in [0.4, 0.5) is 4.39 Å². The Labute approximate surface area is 312 Å². The molecule has 14 heteroatoms. The van der Waals surface area contributed by atoms with Crippen molar-refractivity contribution in [2.24, 2.45) is 10.7 Å². The normalized spacial score (nSPS) is 11.6. The van der Waals surface area contributed by atoms with Gasteiger partial charge in [0, 0.05) is 44.6 Å². The van der Waals surface area contributed by atoms with E-state index in [9.17, 15) is 33.5 Å². The number of aliphatic imine (C=N–C) groups is 1. The van der Waals surface area contributed by atoms with Crippen molar-refractivity contribution in [3.8, 4) is 5.75 Å². The number of hydrogen-bond acceptors (Lipinski definition) is 7. The summed E-state index contributed by atoms with van der Waals surface area (Å²) in [6, 6.07) is 29.1. The Morgan fingerprint density at radius 3 is 1.93 bits per heavy atom. The second-order valence-electron chi connectivity index (χ2n) is 12.3. The van der Waals surface area contributed by atoms with E-state index in [0.717, 1.165) is 16.7 Å². The highest BCUT2D eigenvalue weighted by molar-refractivity contribution is 5.97. The van der Waals surface area contributed by atoms with Crippen LogP contribution in [0.1, 0.15) is 58.6 Å². The number of phenolic OH excluding ortho intramolecular Hbond substituents is 1. The summed E-state index contributed by atoms with van der Waals surface area (Å²) in [6.07, 6.45) is 0.246. The quantitative estimate of drug-likeness (QED) is 0.0462. The van der Waals surface area contributed by atoms with Crippen LogP contribution in [-0.2, 0) is 25.7 Å². The molecule has 4 rings (SSSR count). The Morgan fingerprint density at radius 2 is 1.30 bits per heavy atom. The molecule has 0 saturated carbocycles. The third-order valence-electron chi connectivity index (χ3n) is 8.18. The first-order valence-corrected chi connectivity index (χ1v) is 17.4. The molecule has 0 bridgehead atoms. The van der Waals surface area contributed by atoms with Crippen LogP contribution in [0.2, 0.25) is 0 Å². The van der Waals surface area contributed by atoms with Crippen molar-refractivity contribution in [2.75, 3.05) is 19.6 Å². The first-order chi connectivity index (χ1) is 26.1. The molecule has 0 aliphatic rings. The van der Waals surface area contributed by atoms with Crippen LogP contribution in [0.15, 0.2) is 114 Å². The van der Waals surface area contributed by atoms with Gasteiger partial charge in [-0.2, -0.15) is 0 Å². The van der Waals surface area contributed by atoms with Gasteiger partial charge in [-0.15, -0.1) is 0 Å². The zero-order valence-electron chi connectivity index (χ0n) is 29.6. The van der Waals surface area contributed by atoms with E-state index in [0.29, 0.717) is 6.42 Å². The zero-order chi connectivity index (χ0) is 38.7. The van der Waals surface area contributed by atoms with E-state index in [1.165, 1.54) is 36.4 Å². The standard InChI is InChI=1S/C40H44FN7O6/c41-31-17-15-30(16-18-31)37(52)44-25-24-43-34(50)21-22-35(51)48-40(42)45-23-7-12-33(38(53)46-26-27-13-19-32(49)20-14-27)47-39(54)36(28-8-3-1-4-9-28)29-10-5-2-6-11-29/h1-6,8-11,13-20,33,36,49H,7,12,21-26H2,(H,43,50)(H,44,52)(H,46,53)(H,47,54)(H3,42,45,48,51)/t33-/m1/s1. The monoisotopic (exact) mass is 737 g/mol. The van der Waals surface area contributed by atoms with Gasteiger partial charge >= 0.3 is 0 Å². The van der Waals surface area contributed by atoms with Crippen LogP contribution in [0.5, 0.6) is 5.75 Å². The van der Waals surface area contributed by atoms with Gasteiger partial charge in [0.1, 0.15) is 17.6 Å². The highest BCUT2D eigenvalue weighted by Gasteiger charge is 2.27. The zero-order valence-corrected chi connectivity index (χ0v) is 29.6. The molecule has 0 aliphatic carbocycles. The predicted molar refractivity (Wildman–Crippen MR) is 201 cm³/mol. The molecule has 0 unspecified atom stereocenters. The van der Waals surface area contributed by atoms with Crippen molar-refractivity contribution in [3.63, 3.8) is 0 Å². The lowest BCUT2D eigenvalue weighted by Crippen LogP contribution is -2.48. The molecule has 0 radical (unpaired) electrons. The van der Waals surface area contributed by atoms with Crippen LogP contribution in [0.3, 0.4) is 0 Å². The number of nitrogens with zero attached hydrogens (tertiary/aromatic N) is 1. The Kier molecular flexibility index (Phi) is 15.7. The highest BCUT2D eigenvalue weighted by Crippen LogP contribution is 2.25. The summed E-state index contributed by atoms with van der Waals surface area (Å²) in [5, 5.41) is 23.0. The molecular weight excluding hydrogens is 693 g/mol. The smallest absolute Gasteiger partial charge is 0.251 e. The fraction of sp³-hybridized carbons (Fsp3) is 0.250.